The molecule has 2 aromatic carbocycles. The number of nitrogens with one attached hydrogen (secondary N) is 1. The van der Waals surface area contributed by atoms with Crippen LogP contribution in [0.15, 0.2) is 39.7 Å². The van der Waals surface area contributed by atoms with Crippen molar-refractivity contribution >= 4 is 43.2 Å². The second-order valence-electron chi connectivity index (χ2n) is 6.82. The lowest BCUT2D eigenvalue weighted by atomic mass is 10.1. The van der Waals surface area contributed by atoms with Crippen molar-refractivity contribution in [2.75, 3.05) is 22.8 Å². The molecule has 28 heavy (non-hydrogen) atoms. The van der Waals surface area contributed by atoms with E-state index in [1.54, 1.807) is 35.2 Å². The van der Waals surface area contributed by atoms with E-state index >= 15 is 0 Å². The monoisotopic (exact) mass is 466 g/mol. The lowest BCUT2D eigenvalue weighted by molar-refractivity contribution is -0.116. The number of benzene rings is 2. The molecule has 2 aromatic rings. The van der Waals surface area contributed by atoms with Crippen molar-refractivity contribution in [3.63, 3.8) is 0 Å². The summed E-state index contributed by atoms with van der Waals surface area (Å²) in [5, 5.41) is 0. The van der Waals surface area contributed by atoms with Gasteiger partial charge in [0, 0.05) is 29.2 Å². The van der Waals surface area contributed by atoms with Crippen LogP contribution in [0.25, 0.3) is 0 Å². The molecule has 2 aliphatic heterocycles. The Morgan fingerprint density at radius 3 is 2.61 bits per heavy atom. The summed E-state index contributed by atoms with van der Waals surface area (Å²) in [7, 11) is -3.89. The van der Waals surface area contributed by atoms with E-state index in [9.17, 15) is 13.2 Å². The summed E-state index contributed by atoms with van der Waals surface area (Å²) >= 11 is 3.37. The highest BCUT2D eigenvalue weighted by molar-refractivity contribution is 9.10. The van der Waals surface area contributed by atoms with E-state index in [4.69, 9.17) is 9.47 Å². The average Bonchev–Trinajstić information content (AvgIpc) is 2.95. The highest BCUT2D eigenvalue weighted by atomic mass is 79.9. The van der Waals surface area contributed by atoms with Gasteiger partial charge in [0.2, 0.25) is 5.91 Å². The molecule has 1 amide bonds. The van der Waals surface area contributed by atoms with E-state index in [1.165, 1.54) is 6.92 Å². The van der Waals surface area contributed by atoms with Crippen LogP contribution in [-0.4, -0.2) is 33.6 Å². The predicted molar refractivity (Wildman–Crippen MR) is 109 cm³/mol. The Bertz CT molecular complexity index is 1070. The summed E-state index contributed by atoms with van der Waals surface area (Å²) in [5.74, 6) is 0.965. The molecular weight excluding hydrogens is 448 g/mol. The van der Waals surface area contributed by atoms with E-state index in [1.807, 2.05) is 6.92 Å². The Kier molecular flexibility index (Phi) is 4.75. The maximum Gasteiger partial charge on any atom is 0.263 e. The topological polar surface area (TPSA) is 84.9 Å². The average molecular weight is 467 g/mol. The summed E-state index contributed by atoms with van der Waals surface area (Å²) in [6.45, 7) is 4.30. The fraction of sp³-hybridized carbons (Fsp3) is 0.316. The van der Waals surface area contributed by atoms with E-state index in [-0.39, 0.29) is 16.8 Å². The third-order valence-electron chi connectivity index (χ3n) is 4.77. The molecule has 0 saturated carbocycles. The summed E-state index contributed by atoms with van der Waals surface area (Å²) in [5.41, 5.74) is 1.94. The number of nitrogens with zero attached hydrogens (tertiary/aromatic N) is 1. The van der Waals surface area contributed by atoms with Crippen molar-refractivity contribution in [2.24, 2.45) is 0 Å². The van der Waals surface area contributed by atoms with Crippen molar-refractivity contribution in [1.29, 1.82) is 0 Å². The number of sulfonamides is 1. The third kappa shape index (κ3) is 3.33. The van der Waals surface area contributed by atoms with Crippen LogP contribution in [0.2, 0.25) is 0 Å². The Morgan fingerprint density at radius 2 is 1.89 bits per heavy atom. The number of rotatable bonds is 3. The zero-order valence-corrected chi connectivity index (χ0v) is 17.8. The molecule has 0 aliphatic carbocycles. The van der Waals surface area contributed by atoms with Crippen LogP contribution in [0.1, 0.15) is 19.4 Å². The van der Waals surface area contributed by atoms with E-state index < -0.39 is 10.0 Å². The molecule has 9 heteroatoms. The zero-order valence-electron chi connectivity index (χ0n) is 15.4. The number of hydrogen-bond acceptors (Lipinski definition) is 5. The van der Waals surface area contributed by atoms with Crippen molar-refractivity contribution in [1.82, 2.24) is 0 Å². The molecule has 0 aromatic heterocycles. The van der Waals surface area contributed by atoms with Gasteiger partial charge in [-0.1, -0.05) is 0 Å². The number of anilines is 2. The fourth-order valence-corrected chi connectivity index (χ4v) is 5.78. The van der Waals surface area contributed by atoms with Crippen molar-refractivity contribution in [2.45, 2.75) is 31.2 Å². The van der Waals surface area contributed by atoms with Crippen LogP contribution in [0.3, 0.4) is 0 Å². The Balaban J connectivity index is 1.70. The number of fused-ring (bicyclic) bond motifs is 2. The van der Waals surface area contributed by atoms with Crippen molar-refractivity contribution < 1.29 is 22.7 Å². The molecule has 148 valence electrons. The molecule has 1 N–H and O–H groups in total. The molecule has 7 nitrogen and oxygen atoms in total. The first-order chi connectivity index (χ1) is 13.3. The first-order valence-electron chi connectivity index (χ1n) is 8.81. The number of hydrogen-bond donors (Lipinski definition) is 1. The van der Waals surface area contributed by atoms with Gasteiger partial charge in [0.15, 0.2) is 11.5 Å². The summed E-state index contributed by atoms with van der Waals surface area (Å²) in [6, 6.07) is 8.19. The van der Waals surface area contributed by atoms with Gasteiger partial charge < -0.3 is 14.4 Å². The molecule has 0 saturated heterocycles. The van der Waals surface area contributed by atoms with Gasteiger partial charge in [-0.3, -0.25) is 9.52 Å². The number of ether oxygens (including phenoxy) is 2. The Hall–Kier alpha value is -2.26. The molecular formula is C19H19BrN2O5S. The number of carbonyl (C=O) groups is 1. The van der Waals surface area contributed by atoms with Crippen LogP contribution in [0, 0.1) is 0 Å². The quantitative estimate of drug-likeness (QED) is 0.749. The van der Waals surface area contributed by atoms with Crippen molar-refractivity contribution in [3.05, 3.63) is 40.4 Å². The molecule has 2 aliphatic rings. The lowest BCUT2D eigenvalue weighted by Gasteiger charge is -2.21. The molecule has 0 spiro atoms. The van der Waals surface area contributed by atoms with E-state index in [2.05, 4.69) is 20.7 Å². The molecule has 1 atom stereocenters. The minimum Gasteiger partial charge on any atom is -0.486 e. The summed E-state index contributed by atoms with van der Waals surface area (Å²) in [6.07, 6.45) is 0.684. The maximum atomic E-state index is 13.0. The first-order valence-corrected chi connectivity index (χ1v) is 11.1. The number of carbonyl (C=O) groups excluding carboxylic acids is 1. The van der Waals surface area contributed by atoms with Gasteiger partial charge in [0.25, 0.3) is 10.0 Å². The van der Waals surface area contributed by atoms with Gasteiger partial charge in [-0.05, 0) is 59.1 Å². The van der Waals surface area contributed by atoms with Gasteiger partial charge in [-0.25, -0.2) is 8.42 Å². The third-order valence-corrected chi connectivity index (χ3v) is 7.11. The van der Waals surface area contributed by atoms with Crippen LogP contribution in [-0.2, 0) is 21.2 Å². The second kappa shape index (κ2) is 6.97. The highest BCUT2D eigenvalue weighted by Crippen LogP contribution is 2.39. The van der Waals surface area contributed by atoms with E-state index in [0.29, 0.717) is 47.0 Å². The molecule has 0 radical (unpaired) electrons. The molecule has 1 unspecified atom stereocenters. The van der Waals surface area contributed by atoms with Crippen LogP contribution in [0.4, 0.5) is 11.4 Å². The zero-order chi connectivity index (χ0) is 20.1. The minimum atomic E-state index is -3.89. The molecule has 2 heterocycles. The fourth-order valence-electron chi connectivity index (χ4n) is 3.62. The SMILES string of the molecule is CC(=O)N1c2cc(S(=O)(=O)Nc3ccc4c(c3)OCCO4)c(Br)cc2CC1C. The maximum absolute atomic E-state index is 13.0. The smallest absolute Gasteiger partial charge is 0.263 e. The normalized spacial score (nSPS) is 18.0. The second-order valence-corrected chi connectivity index (χ2v) is 9.32. The molecule has 4 rings (SSSR count). The van der Waals surface area contributed by atoms with Crippen LogP contribution < -0.4 is 19.1 Å². The van der Waals surface area contributed by atoms with Gasteiger partial charge in [-0.2, -0.15) is 0 Å². The van der Waals surface area contributed by atoms with Crippen LogP contribution >= 0.6 is 15.9 Å². The Morgan fingerprint density at radius 1 is 1.18 bits per heavy atom. The van der Waals surface area contributed by atoms with Gasteiger partial charge in [-0.15, -0.1) is 0 Å². The molecule has 0 bridgehead atoms. The summed E-state index contributed by atoms with van der Waals surface area (Å²) < 4.78 is 40.1. The van der Waals surface area contributed by atoms with Gasteiger partial charge >= 0.3 is 0 Å². The highest BCUT2D eigenvalue weighted by Gasteiger charge is 2.32. The predicted octanol–water partition coefficient (Wildman–Crippen LogP) is 3.32. The first kappa shape index (κ1) is 19.1. The lowest BCUT2D eigenvalue weighted by Crippen LogP contribution is -2.33. The standard InChI is InChI=1S/C19H19BrN2O5S/c1-11-7-13-8-15(20)19(10-16(13)22(11)12(2)23)28(24,25)21-14-3-4-17-18(9-14)27-6-5-26-17/h3-4,8-11,21H,5-7H2,1-2H3. The summed E-state index contributed by atoms with van der Waals surface area (Å²) in [4.78, 5) is 13.7. The van der Waals surface area contributed by atoms with Gasteiger partial charge in [0.1, 0.15) is 18.1 Å². The minimum absolute atomic E-state index is 0.0110. The van der Waals surface area contributed by atoms with Crippen molar-refractivity contribution in [3.8, 4) is 11.5 Å². The van der Waals surface area contributed by atoms with Crippen LogP contribution in [0.5, 0.6) is 11.5 Å². The molecule has 0 fully saturated rings. The largest absolute Gasteiger partial charge is 0.486 e. The Labute approximate surface area is 171 Å². The van der Waals surface area contributed by atoms with Gasteiger partial charge in [0.05, 0.1) is 5.69 Å². The number of halogens is 1. The van der Waals surface area contributed by atoms with E-state index in [0.717, 1.165) is 5.56 Å². The number of amides is 1.